The quantitative estimate of drug-likeness (QED) is 0.878. The van der Waals surface area contributed by atoms with Gasteiger partial charge in [-0.1, -0.05) is 6.07 Å². The Balaban J connectivity index is 1.98. The van der Waals surface area contributed by atoms with Crippen molar-refractivity contribution in [3.8, 4) is 0 Å². The second-order valence-electron chi connectivity index (χ2n) is 4.48. The number of hydrogen-bond acceptors (Lipinski definition) is 2. The summed E-state index contributed by atoms with van der Waals surface area (Å²) in [7, 11) is 0. The summed E-state index contributed by atoms with van der Waals surface area (Å²) in [6.07, 6.45) is 2.11. The molecule has 0 saturated carbocycles. The van der Waals surface area contributed by atoms with E-state index >= 15 is 0 Å². The maximum absolute atomic E-state index is 13.1. The lowest BCUT2D eigenvalue weighted by atomic mass is 10.0. The average molecular weight is 241 g/mol. The predicted octanol–water partition coefficient (Wildman–Crippen LogP) is 2.79. The first-order valence-corrected chi connectivity index (χ1v) is 5.95. The van der Waals surface area contributed by atoms with Crippen molar-refractivity contribution < 1.29 is 13.5 Å². The van der Waals surface area contributed by atoms with Gasteiger partial charge in [-0.05, 0) is 37.5 Å². The molecule has 1 fully saturated rings. The predicted molar refractivity (Wildman–Crippen MR) is 61.7 cm³/mol. The van der Waals surface area contributed by atoms with Crippen molar-refractivity contribution in [2.75, 3.05) is 13.2 Å². The molecule has 0 amide bonds. The third-order valence-corrected chi connectivity index (χ3v) is 3.09. The van der Waals surface area contributed by atoms with Gasteiger partial charge < -0.3 is 10.1 Å². The smallest absolute Gasteiger partial charge is 0.159 e. The maximum Gasteiger partial charge on any atom is 0.159 e. The van der Waals surface area contributed by atoms with Crippen LogP contribution in [0.5, 0.6) is 0 Å². The Kier molecular flexibility index (Phi) is 4.07. The van der Waals surface area contributed by atoms with Gasteiger partial charge in [0.25, 0.3) is 0 Å². The van der Waals surface area contributed by atoms with E-state index in [-0.39, 0.29) is 6.04 Å². The number of hydrogen-bond donors (Lipinski definition) is 1. The molecule has 94 valence electrons. The van der Waals surface area contributed by atoms with Crippen LogP contribution in [0.4, 0.5) is 8.78 Å². The fraction of sp³-hybridized carbons (Fsp3) is 0.538. The summed E-state index contributed by atoms with van der Waals surface area (Å²) in [5.41, 5.74) is 0.759. The molecule has 1 N–H and O–H groups in total. The highest BCUT2D eigenvalue weighted by molar-refractivity contribution is 5.20. The minimum atomic E-state index is -0.804. The molecular formula is C13H17F2NO. The first kappa shape index (κ1) is 12.5. The molecule has 0 radical (unpaired) electrons. The van der Waals surface area contributed by atoms with Crippen LogP contribution >= 0.6 is 0 Å². The van der Waals surface area contributed by atoms with E-state index in [1.807, 2.05) is 6.92 Å². The Bertz CT molecular complexity index is 378. The lowest BCUT2D eigenvalue weighted by Gasteiger charge is -2.27. The summed E-state index contributed by atoms with van der Waals surface area (Å²) in [5.74, 6) is -1.60. The van der Waals surface area contributed by atoms with Crippen molar-refractivity contribution in [2.45, 2.75) is 31.8 Å². The fourth-order valence-corrected chi connectivity index (χ4v) is 2.10. The number of nitrogens with one attached hydrogen (secondary N) is 1. The molecule has 0 aromatic heterocycles. The molecule has 1 heterocycles. The molecule has 2 atom stereocenters. The zero-order valence-electron chi connectivity index (χ0n) is 9.88. The van der Waals surface area contributed by atoms with Crippen molar-refractivity contribution in [2.24, 2.45) is 0 Å². The van der Waals surface area contributed by atoms with Crippen LogP contribution in [-0.4, -0.2) is 19.3 Å². The van der Waals surface area contributed by atoms with Gasteiger partial charge in [-0.15, -0.1) is 0 Å². The van der Waals surface area contributed by atoms with Crippen molar-refractivity contribution in [3.05, 3.63) is 35.4 Å². The molecule has 0 bridgehead atoms. The molecule has 1 aliphatic rings. The van der Waals surface area contributed by atoms with Crippen molar-refractivity contribution >= 4 is 0 Å². The van der Waals surface area contributed by atoms with Gasteiger partial charge in [0.1, 0.15) is 0 Å². The molecule has 2 rings (SSSR count). The summed E-state index contributed by atoms with van der Waals surface area (Å²) in [6, 6.07) is 4.32. The fourth-order valence-electron chi connectivity index (χ4n) is 2.10. The molecule has 1 aliphatic heterocycles. The van der Waals surface area contributed by atoms with Crippen molar-refractivity contribution in [1.29, 1.82) is 0 Å². The molecular weight excluding hydrogens is 224 g/mol. The highest BCUT2D eigenvalue weighted by atomic mass is 19.2. The van der Waals surface area contributed by atoms with Crippen LogP contribution in [0.25, 0.3) is 0 Å². The van der Waals surface area contributed by atoms with Gasteiger partial charge in [-0.3, -0.25) is 0 Å². The van der Waals surface area contributed by atoms with Gasteiger partial charge in [-0.2, -0.15) is 0 Å². The van der Waals surface area contributed by atoms with E-state index in [4.69, 9.17) is 4.74 Å². The van der Waals surface area contributed by atoms with Crippen LogP contribution in [-0.2, 0) is 4.74 Å². The van der Waals surface area contributed by atoms with Gasteiger partial charge in [0.15, 0.2) is 11.6 Å². The van der Waals surface area contributed by atoms with Gasteiger partial charge in [0, 0.05) is 18.7 Å². The normalized spacial score (nSPS) is 22.4. The molecule has 4 heteroatoms. The molecule has 17 heavy (non-hydrogen) atoms. The molecule has 1 aromatic rings. The molecule has 2 nitrogen and oxygen atoms in total. The van der Waals surface area contributed by atoms with Crippen LogP contribution in [0, 0.1) is 11.6 Å². The van der Waals surface area contributed by atoms with Gasteiger partial charge in [0.2, 0.25) is 0 Å². The second kappa shape index (κ2) is 5.56. The van der Waals surface area contributed by atoms with Gasteiger partial charge in [-0.25, -0.2) is 8.78 Å². The zero-order chi connectivity index (χ0) is 12.3. The summed E-state index contributed by atoms with van der Waals surface area (Å²) in [6.45, 7) is 3.45. The van der Waals surface area contributed by atoms with E-state index in [2.05, 4.69) is 5.32 Å². The van der Waals surface area contributed by atoms with E-state index < -0.39 is 11.6 Å². The summed E-state index contributed by atoms with van der Waals surface area (Å²) in [5, 5.41) is 3.37. The summed E-state index contributed by atoms with van der Waals surface area (Å²) < 4.78 is 31.3. The third kappa shape index (κ3) is 3.23. The average Bonchev–Trinajstić information content (AvgIpc) is 2.34. The van der Waals surface area contributed by atoms with Crippen LogP contribution in [0.3, 0.4) is 0 Å². The first-order chi connectivity index (χ1) is 8.16. The molecule has 1 aromatic carbocycles. The highest BCUT2D eigenvalue weighted by Crippen LogP contribution is 2.18. The van der Waals surface area contributed by atoms with E-state index in [1.54, 1.807) is 6.07 Å². The molecule has 0 spiro atoms. The van der Waals surface area contributed by atoms with E-state index in [1.165, 1.54) is 12.1 Å². The van der Waals surface area contributed by atoms with E-state index in [0.717, 1.165) is 25.0 Å². The lowest BCUT2D eigenvalue weighted by Crippen LogP contribution is -2.38. The largest absolute Gasteiger partial charge is 0.380 e. The highest BCUT2D eigenvalue weighted by Gasteiger charge is 2.17. The summed E-state index contributed by atoms with van der Waals surface area (Å²) >= 11 is 0. The van der Waals surface area contributed by atoms with Gasteiger partial charge in [0.05, 0.1) is 6.61 Å². The van der Waals surface area contributed by atoms with Crippen LogP contribution in [0.15, 0.2) is 18.2 Å². The van der Waals surface area contributed by atoms with E-state index in [9.17, 15) is 8.78 Å². The molecule has 0 aliphatic carbocycles. The molecule has 2 unspecified atom stereocenters. The molecule has 1 saturated heterocycles. The Labute approximate surface area is 100.0 Å². The number of benzene rings is 1. The standard InChI is InChI=1S/C13H17F2NO/c1-9(16-11-3-2-6-17-8-11)10-4-5-12(14)13(15)7-10/h4-5,7,9,11,16H,2-3,6,8H2,1H3. The number of halogens is 2. The minimum Gasteiger partial charge on any atom is -0.380 e. The Morgan fingerprint density at radius 2 is 2.18 bits per heavy atom. The van der Waals surface area contributed by atoms with Crippen LogP contribution in [0.2, 0.25) is 0 Å². The minimum absolute atomic E-state index is 0.00296. The SMILES string of the molecule is CC(NC1CCCOC1)c1ccc(F)c(F)c1. The lowest BCUT2D eigenvalue weighted by molar-refractivity contribution is 0.0671. The zero-order valence-corrected chi connectivity index (χ0v) is 9.88. The second-order valence-corrected chi connectivity index (χ2v) is 4.48. The van der Waals surface area contributed by atoms with Crippen LogP contribution in [0.1, 0.15) is 31.4 Å². The number of rotatable bonds is 3. The topological polar surface area (TPSA) is 21.3 Å². The van der Waals surface area contributed by atoms with Crippen LogP contribution < -0.4 is 5.32 Å². The Hall–Kier alpha value is -1.00. The maximum atomic E-state index is 13.1. The number of ether oxygens (including phenoxy) is 1. The van der Waals surface area contributed by atoms with Gasteiger partial charge >= 0.3 is 0 Å². The monoisotopic (exact) mass is 241 g/mol. The summed E-state index contributed by atoms with van der Waals surface area (Å²) in [4.78, 5) is 0. The Morgan fingerprint density at radius 1 is 1.35 bits per heavy atom. The third-order valence-electron chi connectivity index (χ3n) is 3.09. The van der Waals surface area contributed by atoms with E-state index in [0.29, 0.717) is 12.6 Å². The first-order valence-electron chi connectivity index (χ1n) is 5.95. The Morgan fingerprint density at radius 3 is 2.82 bits per heavy atom. The van der Waals surface area contributed by atoms with Crippen molar-refractivity contribution in [1.82, 2.24) is 5.32 Å². The van der Waals surface area contributed by atoms with Crippen molar-refractivity contribution in [3.63, 3.8) is 0 Å².